The van der Waals surface area contributed by atoms with Gasteiger partial charge in [-0.05, 0) is 19.1 Å². The summed E-state index contributed by atoms with van der Waals surface area (Å²) in [4.78, 5) is 35.9. The minimum absolute atomic E-state index is 0.110. The lowest BCUT2D eigenvalue weighted by atomic mass is 10.2. The smallest absolute Gasteiger partial charge is 0.249 e. The van der Waals surface area contributed by atoms with E-state index in [0.29, 0.717) is 0 Å². The van der Waals surface area contributed by atoms with E-state index in [1.807, 2.05) is 0 Å². The third-order valence-corrected chi connectivity index (χ3v) is 2.96. The van der Waals surface area contributed by atoms with Gasteiger partial charge in [-0.2, -0.15) is 5.10 Å². The third kappa shape index (κ3) is 2.70. The van der Waals surface area contributed by atoms with E-state index in [1.165, 1.54) is 11.0 Å². The molecule has 1 unspecified atom stereocenters. The van der Waals surface area contributed by atoms with Crippen molar-refractivity contribution < 1.29 is 14.4 Å². The van der Waals surface area contributed by atoms with Crippen LogP contribution in [-0.2, 0) is 21.4 Å². The van der Waals surface area contributed by atoms with Crippen molar-refractivity contribution in [3.63, 3.8) is 0 Å². The lowest BCUT2D eigenvalue weighted by molar-refractivity contribution is -0.147. The van der Waals surface area contributed by atoms with Crippen LogP contribution in [0.5, 0.6) is 0 Å². The first-order valence-corrected chi connectivity index (χ1v) is 5.79. The predicted molar refractivity (Wildman–Crippen MR) is 66.6 cm³/mol. The molecule has 1 aromatic rings. The largest absolute Gasteiger partial charge is 0.318 e. The molecule has 1 atom stereocenters. The van der Waals surface area contributed by atoms with Crippen molar-refractivity contribution in [2.45, 2.75) is 13.0 Å². The Morgan fingerprint density at radius 2 is 2.26 bits per heavy atom. The Morgan fingerprint density at radius 1 is 1.53 bits per heavy atom. The predicted octanol–water partition coefficient (Wildman–Crippen LogP) is -0.693. The number of imide groups is 1. The van der Waals surface area contributed by atoms with Crippen molar-refractivity contribution >= 4 is 23.8 Å². The summed E-state index contributed by atoms with van der Waals surface area (Å²) in [5.74, 6) is -1.30. The van der Waals surface area contributed by atoms with Crippen LogP contribution in [-0.4, -0.2) is 45.0 Å². The topological polar surface area (TPSA) is 84.3 Å². The van der Waals surface area contributed by atoms with Gasteiger partial charge in [0.1, 0.15) is 12.6 Å². The first-order valence-electron chi connectivity index (χ1n) is 5.79. The Morgan fingerprint density at radius 3 is 2.89 bits per heavy atom. The maximum absolute atomic E-state index is 12.0. The van der Waals surface area contributed by atoms with E-state index in [1.54, 1.807) is 37.0 Å². The molecule has 100 valence electrons. The van der Waals surface area contributed by atoms with E-state index in [2.05, 4.69) is 10.4 Å². The minimum atomic E-state index is -0.651. The van der Waals surface area contributed by atoms with Gasteiger partial charge in [0.2, 0.25) is 17.7 Å². The first kappa shape index (κ1) is 13.0. The maximum atomic E-state index is 12.0. The number of aryl methyl sites for hydroxylation is 1. The zero-order valence-corrected chi connectivity index (χ0v) is 10.7. The van der Waals surface area contributed by atoms with Crippen LogP contribution < -0.4 is 5.32 Å². The second kappa shape index (κ2) is 5.05. The molecule has 19 heavy (non-hydrogen) atoms. The van der Waals surface area contributed by atoms with Crippen LogP contribution in [0.2, 0.25) is 0 Å². The average molecular weight is 262 g/mol. The van der Waals surface area contributed by atoms with Gasteiger partial charge in [0.15, 0.2) is 0 Å². The summed E-state index contributed by atoms with van der Waals surface area (Å²) in [7, 11) is 1.75. The Bertz CT molecular complexity index is 561. The summed E-state index contributed by atoms with van der Waals surface area (Å²) in [5, 5.41) is 6.15. The van der Waals surface area contributed by atoms with E-state index in [0.717, 1.165) is 5.69 Å². The van der Waals surface area contributed by atoms with Crippen LogP contribution in [0.15, 0.2) is 18.3 Å². The van der Waals surface area contributed by atoms with Crippen molar-refractivity contribution in [1.29, 1.82) is 0 Å². The Balaban J connectivity index is 2.11. The molecule has 1 aromatic heterocycles. The summed E-state index contributed by atoms with van der Waals surface area (Å²) < 4.78 is 1.61. The van der Waals surface area contributed by atoms with Gasteiger partial charge in [-0.3, -0.25) is 24.4 Å². The summed E-state index contributed by atoms with van der Waals surface area (Å²) in [6.07, 6.45) is 4.54. The fourth-order valence-electron chi connectivity index (χ4n) is 1.78. The van der Waals surface area contributed by atoms with Crippen molar-refractivity contribution in [1.82, 2.24) is 20.0 Å². The lowest BCUT2D eigenvalue weighted by Gasteiger charge is -2.30. The molecule has 0 aromatic carbocycles. The molecule has 1 N–H and O–H groups in total. The van der Waals surface area contributed by atoms with E-state index >= 15 is 0 Å². The first-order chi connectivity index (χ1) is 8.99. The molecule has 0 saturated carbocycles. The molecule has 7 nitrogen and oxygen atoms in total. The molecule has 7 heteroatoms. The van der Waals surface area contributed by atoms with E-state index in [4.69, 9.17) is 0 Å². The molecule has 0 aliphatic carbocycles. The number of nitrogens with zero attached hydrogens (tertiary/aromatic N) is 3. The highest BCUT2D eigenvalue weighted by atomic mass is 16.2. The second-order valence-corrected chi connectivity index (χ2v) is 4.27. The SMILES string of the molecule is CC1C(=O)NC(=O)CN1C(=O)C=Cc1ccnn1C. The number of hydrogen-bond acceptors (Lipinski definition) is 4. The quantitative estimate of drug-likeness (QED) is 0.564. The van der Waals surface area contributed by atoms with Crippen molar-refractivity contribution in [2.24, 2.45) is 7.05 Å². The Kier molecular flexibility index (Phi) is 3.46. The second-order valence-electron chi connectivity index (χ2n) is 4.27. The number of amides is 3. The van der Waals surface area contributed by atoms with Crippen molar-refractivity contribution in [3.05, 3.63) is 24.0 Å². The van der Waals surface area contributed by atoms with Gasteiger partial charge < -0.3 is 4.90 Å². The van der Waals surface area contributed by atoms with Gasteiger partial charge in [-0.15, -0.1) is 0 Å². The van der Waals surface area contributed by atoms with Gasteiger partial charge in [0, 0.05) is 19.3 Å². The molecule has 3 amide bonds. The van der Waals surface area contributed by atoms with Crippen LogP contribution in [0.3, 0.4) is 0 Å². The van der Waals surface area contributed by atoms with Crippen LogP contribution >= 0.6 is 0 Å². The molecule has 1 aliphatic rings. The number of rotatable bonds is 2. The van der Waals surface area contributed by atoms with E-state index in [-0.39, 0.29) is 12.5 Å². The van der Waals surface area contributed by atoms with Gasteiger partial charge >= 0.3 is 0 Å². The molecule has 2 rings (SSSR count). The van der Waals surface area contributed by atoms with Gasteiger partial charge in [-0.25, -0.2) is 0 Å². The standard InChI is InChI=1S/C12H14N4O3/c1-8-12(19)14-10(17)7-16(8)11(18)4-3-9-5-6-13-15(9)2/h3-6,8H,7H2,1-2H3,(H,14,17,19). The van der Waals surface area contributed by atoms with Gasteiger partial charge in [0.25, 0.3) is 0 Å². The number of hydrogen-bond donors (Lipinski definition) is 1. The zero-order valence-electron chi connectivity index (χ0n) is 10.7. The highest BCUT2D eigenvalue weighted by Crippen LogP contribution is 2.07. The molecule has 1 fully saturated rings. The monoisotopic (exact) mass is 262 g/mol. The fraction of sp³-hybridized carbons (Fsp3) is 0.333. The fourth-order valence-corrected chi connectivity index (χ4v) is 1.78. The highest BCUT2D eigenvalue weighted by molar-refractivity contribution is 6.06. The number of piperazine rings is 1. The number of carbonyl (C=O) groups excluding carboxylic acids is 3. The number of aromatic nitrogens is 2. The van der Waals surface area contributed by atoms with Crippen LogP contribution in [0.1, 0.15) is 12.6 Å². The van der Waals surface area contributed by atoms with E-state index in [9.17, 15) is 14.4 Å². The third-order valence-electron chi connectivity index (χ3n) is 2.96. The summed E-state index contributed by atoms with van der Waals surface area (Å²) in [5.41, 5.74) is 0.758. The van der Waals surface area contributed by atoms with Crippen molar-refractivity contribution in [3.8, 4) is 0 Å². The summed E-state index contributed by atoms with van der Waals surface area (Å²) >= 11 is 0. The zero-order chi connectivity index (χ0) is 14.0. The molecular weight excluding hydrogens is 248 g/mol. The van der Waals surface area contributed by atoms with Crippen LogP contribution in [0.25, 0.3) is 6.08 Å². The molecule has 2 heterocycles. The number of nitrogens with one attached hydrogen (secondary N) is 1. The Hall–Kier alpha value is -2.44. The number of carbonyl (C=O) groups is 3. The summed E-state index contributed by atoms with van der Waals surface area (Å²) in [6, 6.07) is 1.10. The molecule has 1 saturated heterocycles. The highest BCUT2D eigenvalue weighted by Gasteiger charge is 2.32. The minimum Gasteiger partial charge on any atom is -0.318 e. The molecular formula is C12H14N4O3. The average Bonchev–Trinajstić information content (AvgIpc) is 2.76. The van der Waals surface area contributed by atoms with E-state index < -0.39 is 17.9 Å². The molecule has 0 radical (unpaired) electrons. The van der Waals surface area contributed by atoms with Crippen LogP contribution in [0.4, 0.5) is 0 Å². The molecule has 0 spiro atoms. The van der Waals surface area contributed by atoms with Crippen LogP contribution in [0, 0.1) is 0 Å². The summed E-state index contributed by atoms with van der Waals surface area (Å²) in [6.45, 7) is 1.47. The normalized spacial score (nSPS) is 19.9. The van der Waals surface area contributed by atoms with Gasteiger partial charge in [0.05, 0.1) is 5.69 Å². The van der Waals surface area contributed by atoms with Crippen molar-refractivity contribution in [2.75, 3.05) is 6.54 Å². The Labute approximate surface area is 109 Å². The maximum Gasteiger partial charge on any atom is 0.249 e. The lowest BCUT2D eigenvalue weighted by Crippen LogP contribution is -2.58. The van der Waals surface area contributed by atoms with Gasteiger partial charge in [-0.1, -0.05) is 0 Å². The molecule has 1 aliphatic heterocycles. The molecule has 0 bridgehead atoms.